The molecule has 1 heterocycles. The van der Waals surface area contributed by atoms with Crippen molar-refractivity contribution in [3.63, 3.8) is 0 Å². The van der Waals surface area contributed by atoms with Gasteiger partial charge in [-0.1, -0.05) is 97.6 Å². The number of carbonyl (C=O) groups is 1. The van der Waals surface area contributed by atoms with Crippen molar-refractivity contribution >= 4 is 5.91 Å². The van der Waals surface area contributed by atoms with Crippen LogP contribution in [0.2, 0.25) is 0 Å². The highest BCUT2D eigenvalue weighted by Crippen LogP contribution is 2.15. The van der Waals surface area contributed by atoms with Crippen molar-refractivity contribution in [3.8, 4) is 0 Å². The fourth-order valence-electron chi connectivity index (χ4n) is 3.07. The first-order chi connectivity index (χ1) is 16.2. The third kappa shape index (κ3) is 13.1. The van der Waals surface area contributed by atoms with Crippen molar-refractivity contribution in [2.24, 2.45) is 5.92 Å². The Morgan fingerprint density at radius 1 is 0.794 bits per heavy atom. The van der Waals surface area contributed by atoms with E-state index in [-0.39, 0.29) is 18.4 Å². The maximum Gasteiger partial charge on any atom is 0.244 e. The van der Waals surface area contributed by atoms with Gasteiger partial charge in [-0.2, -0.15) is 0 Å². The summed E-state index contributed by atoms with van der Waals surface area (Å²) in [5, 5.41) is 43.7. The lowest BCUT2D eigenvalue weighted by molar-refractivity contribution is -0.117. The number of rotatable bonds is 0. The molecule has 1 aliphatic heterocycles. The minimum atomic E-state index is -1.43. The molecular weight excluding hydrogens is 430 g/mol. The summed E-state index contributed by atoms with van der Waals surface area (Å²) < 4.78 is 0. The van der Waals surface area contributed by atoms with E-state index in [0.29, 0.717) is 6.42 Å². The molecule has 186 valence electrons. The number of hydrogen-bond donors (Lipinski definition) is 5. The van der Waals surface area contributed by atoms with Gasteiger partial charge in [0.1, 0.15) is 6.10 Å². The molecule has 6 atom stereocenters. The monoisotopic (exact) mass is 469 g/mol. The predicted octanol–water partition coefficient (Wildman–Crippen LogP) is 3.20. The lowest BCUT2D eigenvalue weighted by Crippen LogP contribution is -2.41. The van der Waals surface area contributed by atoms with Gasteiger partial charge in [0.05, 0.1) is 18.3 Å². The molecule has 6 heteroatoms. The molecule has 0 aromatic carbocycles. The van der Waals surface area contributed by atoms with Gasteiger partial charge in [0, 0.05) is 24.5 Å². The maximum atomic E-state index is 12.0. The van der Waals surface area contributed by atoms with Gasteiger partial charge in [0.2, 0.25) is 5.91 Å². The lowest BCUT2D eigenvalue weighted by Gasteiger charge is -2.26. The normalized spacial score (nSPS) is 36.4. The number of carbonyl (C=O) groups excluding carboxylic acids is 1. The first kappa shape index (κ1) is 29.3. The molecule has 5 N–H and O–H groups in total. The summed E-state index contributed by atoms with van der Waals surface area (Å²) >= 11 is 0. The van der Waals surface area contributed by atoms with Crippen LogP contribution in [0.5, 0.6) is 0 Å². The van der Waals surface area contributed by atoms with Crippen LogP contribution >= 0.6 is 0 Å². The molecule has 1 rings (SSSR count). The fraction of sp³-hybridized carbons (Fsp3) is 0.393. The highest BCUT2D eigenvalue weighted by Gasteiger charge is 2.28. The molecule has 0 fully saturated rings. The minimum Gasteiger partial charge on any atom is -0.390 e. The molecule has 0 saturated heterocycles. The van der Waals surface area contributed by atoms with Gasteiger partial charge in [0.25, 0.3) is 0 Å². The van der Waals surface area contributed by atoms with E-state index in [1.807, 2.05) is 62.5 Å². The first-order valence-corrected chi connectivity index (χ1v) is 11.6. The Bertz CT molecular complexity index is 847. The van der Waals surface area contributed by atoms with E-state index < -0.39 is 30.3 Å². The number of hydrogen-bond acceptors (Lipinski definition) is 5. The molecule has 6 nitrogen and oxygen atoms in total. The molecule has 0 saturated carbocycles. The molecule has 0 aromatic rings. The number of amides is 1. The number of allylic oxidation sites excluding steroid dienone is 12. The second kappa shape index (κ2) is 16.8. The van der Waals surface area contributed by atoms with E-state index >= 15 is 0 Å². The average Bonchev–Trinajstić information content (AvgIpc) is 2.79. The highest BCUT2D eigenvalue weighted by molar-refractivity contribution is 5.87. The second-order valence-electron chi connectivity index (χ2n) is 8.45. The molecule has 34 heavy (non-hydrogen) atoms. The van der Waals surface area contributed by atoms with Gasteiger partial charge < -0.3 is 25.7 Å². The average molecular weight is 470 g/mol. The van der Waals surface area contributed by atoms with Crippen LogP contribution in [-0.4, -0.2) is 56.8 Å². The summed E-state index contributed by atoms with van der Waals surface area (Å²) in [7, 11) is 0. The highest BCUT2D eigenvalue weighted by atomic mass is 16.4. The fourth-order valence-corrected chi connectivity index (χ4v) is 3.07. The zero-order chi connectivity index (χ0) is 25.3. The van der Waals surface area contributed by atoms with E-state index in [1.165, 1.54) is 12.2 Å². The summed E-state index contributed by atoms with van der Waals surface area (Å²) in [5.74, 6) is -0.708. The van der Waals surface area contributed by atoms with Crippen molar-refractivity contribution in [1.29, 1.82) is 0 Å². The summed E-state index contributed by atoms with van der Waals surface area (Å²) in [6.07, 6.45) is 22.2. The second-order valence-corrected chi connectivity index (χ2v) is 8.45. The van der Waals surface area contributed by atoms with Gasteiger partial charge >= 0.3 is 0 Å². The van der Waals surface area contributed by atoms with Crippen LogP contribution in [0.15, 0.2) is 96.7 Å². The van der Waals surface area contributed by atoms with Crippen LogP contribution in [0.1, 0.15) is 33.6 Å². The van der Waals surface area contributed by atoms with Crippen LogP contribution in [0.4, 0.5) is 0 Å². The van der Waals surface area contributed by atoms with Gasteiger partial charge in [-0.25, -0.2) is 0 Å². The number of aliphatic hydroxyl groups is 4. The van der Waals surface area contributed by atoms with Gasteiger partial charge in [0.15, 0.2) is 0 Å². The number of aliphatic hydroxyl groups excluding tert-OH is 4. The first-order valence-electron chi connectivity index (χ1n) is 11.6. The molecule has 0 bridgehead atoms. The topological polar surface area (TPSA) is 110 Å². The Balaban J connectivity index is 2.93. The Morgan fingerprint density at radius 3 is 2.21 bits per heavy atom. The standard InChI is InChI=1S/C28H39NO5/c1-21-14-8-4-6-10-17-23(3)29-26(32)19-13-12-16-22(2)27(33)28(34)25(31)20-24(30)18-11-7-5-9-15-21/h4-16,18-19,22-25,27-28,30-31,33-34H,17,20H2,1-3H3,(H,29,32)/b7-5-,8-4+,10-6+,15-9?,16-12+,18-11+,19-13+,21-14?/t22?,23?,24-,25-,27+,28?/m0/s1. The van der Waals surface area contributed by atoms with Crippen LogP contribution in [0.25, 0.3) is 0 Å². The van der Waals surface area contributed by atoms with Crippen LogP contribution < -0.4 is 5.32 Å². The molecule has 0 aliphatic carbocycles. The Labute approximate surface area is 203 Å². The summed E-state index contributed by atoms with van der Waals surface area (Å²) in [6, 6.07) is -0.0295. The SMILES string of the molecule is CC1=C/C=C/C=C/CC(C)NC(=O)/C=C/C=C/C(C)[C@@H](O)C(O)[C@@H](O)C[C@@H](O)/C=C/C=C\C=C1. The Hall–Kier alpha value is -2.77. The van der Waals surface area contributed by atoms with E-state index in [1.54, 1.807) is 37.3 Å². The van der Waals surface area contributed by atoms with Crippen LogP contribution in [0, 0.1) is 5.92 Å². The maximum absolute atomic E-state index is 12.0. The van der Waals surface area contributed by atoms with Gasteiger partial charge in [-0.05, 0) is 20.3 Å². The smallest absolute Gasteiger partial charge is 0.244 e. The predicted molar refractivity (Wildman–Crippen MR) is 138 cm³/mol. The van der Waals surface area contributed by atoms with Crippen LogP contribution in [-0.2, 0) is 4.79 Å². The summed E-state index contributed by atoms with van der Waals surface area (Å²) in [4.78, 5) is 12.0. The summed E-state index contributed by atoms with van der Waals surface area (Å²) in [6.45, 7) is 5.59. The van der Waals surface area contributed by atoms with Gasteiger partial charge in [-0.3, -0.25) is 4.79 Å². The Morgan fingerprint density at radius 2 is 1.44 bits per heavy atom. The van der Waals surface area contributed by atoms with Crippen molar-refractivity contribution in [3.05, 3.63) is 96.7 Å². The molecular formula is C28H39NO5. The van der Waals surface area contributed by atoms with Crippen molar-refractivity contribution in [1.82, 2.24) is 5.32 Å². The summed E-state index contributed by atoms with van der Waals surface area (Å²) in [5.41, 5.74) is 1.06. The third-order valence-electron chi connectivity index (χ3n) is 5.16. The van der Waals surface area contributed by atoms with Crippen molar-refractivity contribution in [2.75, 3.05) is 0 Å². The van der Waals surface area contributed by atoms with E-state index in [2.05, 4.69) is 5.32 Å². The Kier molecular flexibility index (Phi) is 14.4. The molecule has 0 aromatic heterocycles. The quantitative estimate of drug-likeness (QED) is 0.374. The number of nitrogens with one attached hydrogen (secondary N) is 1. The zero-order valence-electron chi connectivity index (χ0n) is 20.2. The molecule has 0 radical (unpaired) electrons. The minimum absolute atomic E-state index is 0.0295. The zero-order valence-corrected chi connectivity index (χ0v) is 20.2. The van der Waals surface area contributed by atoms with E-state index in [0.717, 1.165) is 5.57 Å². The van der Waals surface area contributed by atoms with E-state index in [9.17, 15) is 25.2 Å². The molecule has 1 amide bonds. The molecule has 3 unspecified atom stereocenters. The molecule has 0 spiro atoms. The van der Waals surface area contributed by atoms with Gasteiger partial charge in [-0.15, -0.1) is 0 Å². The van der Waals surface area contributed by atoms with Crippen molar-refractivity contribution < 1.29 is 25.2 Å². The lowest BCUT2D eigenvalue weighted by atomic mass is 9.93. The largest absolute Gasteiger partial charge is 0.390 e. The van der Waals surface area contributed by atoms with E-state index in [4.69, 9.17) is 0 Å². The van der Waals surface area contributed by atoms with Crippen LogP contribution in [0.3, 0.4) is 0 Å². The molecule has 1 aliphatic rings. The van der Waals surface area contributed by atoms with Crippen molar-refractivity contribution in [2.45, 2.75) is 64.1 Å². The third-order valence-corrected chi connectivity index (χ3v) is 5.16.